The topological polar surface area (TPSA) is 35.8 Å². The zero-order chi connectivity index (χ0) is 11.9. The summed E-state index contributed by atoms with van der Waals surface area (Å²) in [5, 5.41) is 13.2. The Labute approximate surface area is 107 Å². The normalized spacial score (nSPS) is 19.8. The molecule has 1 atom stereocenters. The number of rotatable bonds is 4. The monoisotopic (exact) mass is 246 g/mol. The summed E-state index contributed by atoms with van der Waals surface area (Å²) in [7, 11) is 0. The summed E-state index contributed by atoms with van der Waals surface area (Å²) >= 11 is 2.08. The van der Waals surface area contributed by atoms with E-state index in [-0.39, 0.29) is 0 Å². The molecule has 2 nitrogen and oxygen atoms in total. The lowest BCUT2D eigenvalue weighted by atomic mass is 10.1. The van der Waals surface area contributed by atoms with Gasteiger partial charge in [0.15, 0.2) is 0 Å². The molecule has 1 aliphatic rings. The second-order valence-corrected chi connectivity index (χ2v) is 5.80. The molecule has 1 unspecified atom stereocenters. The van der Waals surface area contributed by atoms with Crippen LogP contribution in [-0.2, 0) is 6.54 Å². The van der Waals surface area contributed by atoms with Gasteiger partial charge in [-0.15, -0.1) is 0 Å². The van der Waals surface area contributed by atoms with Gasteiger partial charge in [-0.25, -0.2) is 0 Å². The summed E-state index contributed by atoms with van der Waals surface area (Å²) in [6.07, 6.45) is 4.07. The summed E-state index contributed by atoms with van der Waals surface area (Å²) in [5.74, 6) is 1.31. The highest BCUT2D eigenvalue weighted by Crippen LogP contribution is 2.24. The van der Waals surface area contributed by atoms with Gasteiger partial charge in [0.25, 0.3) is 0 Å². The third-order valence-electron chi connectivity index (χ3n) is 3.10. The van der Waals surface area contributed by atoms with E-state index in [1.54, 1.807) is 0 Å². The molecular formula is C14H18N2S. The quantitative estimate of drug-likeness (QED) is 0.887. The Morgan fingerprint density at radius 2 is 2.24 bits per heavy atom. The van der Waals surface area contributed by atoms with Gasteiger partial charge >= 0.3 is 0 Å². The van der Waals surface area contributed by atoms with Crippen molar-refractivity contribution in [2.75, 3.05) is 12.3 Å². The SMILES string of the molecule is N#Cc1ccccc1CNCC1CCCCS1. The molecule has 1 N–H and O–H groups in total. The van der Waals surface area contributed by atoms with Crippen LogP contribution in [-0.4, -0.2) is 17.5 Å². The predicted octanol–water partition coefficient (Wildman–Crippen LogP) is 2.93. The van der Waals surface area contributed by atoms with E-state index in [2.05, 4.69) is 23.1 Å². The fourth-order valence-corrected chi connectivity index (χ4v) is 3.39. The third kappa shape index (κ3) is 3.76. The molecule has 0 spiro atoms. The van der Waals surface area contributed by atoms with E-state index >= 15 is 0 Å². The van der Waals surface area contributed by atoms with Gasteiger partial charge in [-0.05, 0) is 30.2 Å². The molecule has 1 heterocycles. The minimum Gasteiger partial charge on any atom is -0.312 e. The van der Waals surface area contributed by atoms with Crippen molar-refractivity contribution in [2.45, 2.75) is 31.1 Å². The van der Waals surface area contributed by atoms with E-state index in [0.29, 0.717) is 0 Å². The minimum absolute atomic E-state index is 0.762. The van der Waals surface area contributed by atoms with Crippen LogP contribution in [0.1, 0.15) is 30.4 Å². The molecule has 1 aromatic rings. The maximum atomic E-state index is 8.98. The van der Waals surface area contributed by atoms with Gasteiger partial charge in [0, 0.05) is 18.3 Å². The molecule has 0 bridgehead atoms. The van der Waals surface area contributed by atoms with Crippen molar-refractivity contribution in [3.8, 4) is 6.07 Å². The first-order valence-corrected chi connectivity index (χ1v) is 7.25. The Balaban J connectivity index is 1.79. The van der Waals surface area contributed by atoms with Crippen molar-refractivity contribution in [3.63, 3.8) is 0 Å². The van der Waals surface area contributed by atoms with Gasteiger partial charge < -0.3 is 5.32 Å². The lowest BCUT2D eigenvalue weighted by molar-refractivity contribution is 0.597. The smallest absolute Gasteiger partial charge is 0.0995 e. The van der Waals surface area contributed by atoms with E-state index in [1.165, 1.54) is 25.0 Å². The Bertz CT molecular complexity index is 391. The number of benzene rings is 1. The summed E-state index contributed by atoms with van der Waals surface area (Å²) in [6.45, 7) is 1.87. The second-order valence-electron chi connectivity index (χ2n) is 4.39. The largest absolute Gasteiger partial charge is 0.312 e. The van der Waals surface area contributed by atoms with Crippen molar-refractivity contribution in [1.29, 1.82) is 5.26 Å². The first-order chi connectivity index (χ1) is 8.40. The van der Waals surface area contributed by atoms with Gasteiger partial charge in [0.2, 0.25) is 0 Å². The fraction of sp³-hybridized carbons (Fsp3) is 0.500. The van der Waals surface area contributed by atoms with Crippen molar-refractivity contribution < 1.29 is 0 Å². The molecular weight excluding hydrogens is 228 g/mol. The molecule has 3 heteroatoms. The van der Waals surface area contributed by atoms with E-state index in [1.807, 2.05) is 24.3 Å². The molecule has 0 aliphatic carbocycles. The molecule has 90 valence electrons. The summed E-state index contributed by atoms with van der Waals surface area (Å²) in [5.41, 5.74) is 1.90. The molecule has 1 aliphatic heterocycles. The van der Waals surface area contributed by atoms with Crippen LogP contribution in [0.5, 0.6) is 0 Å². The molecule has 1 aromatic carbocycles. The number of hydrogen-bond acceptors (Lipinski definition) is 3. The highest BCUT2D eigenvalue weighted by Gasteiger charge is 2.13. The van der Waals surface area contributed by atoms with Gasteiger partial charge in [-0.1, -0.05) is 24.6 Å². The Morgan fingerprint density at radius 1 is 1.35 bits per heavy atom. The fourth-order valence-electron chi connectivity index (χ4n) is 2.12. The molecule has 0 saturated carbocycles. The number of thioether (sulfide) groups is 1. The number of nitriles is 1. The van der Waals surface area contributed by atoms with Gasteiger partial charge in [-0.2, -0.15) is 17.0 Å². The average Bonchev–Trinajstić information content (AvgIpc) is 2.40. The molecule has 0 amide bonds. The summed E-state index contributed by atoms with van der Waals surface area (Å²) in [6, 6.07) is 10.1. The van der Waals surface area contributed by atoms with Crippen molar-refractivity contribution in [3.05, 3.63) is 35.4 Å². The molecule has 1 saturated heterocycles. The van der Waals surface area contributed by atoms with Crippen molar-refractivity contribution >= 4 is 11.8 Å². The first-order valence-electron chi connectivity index (χ1n) is 6.20. The zero-order valence-electron chi connectivity index (χ0n) is 9.98. The highest BCUT2D eigenvalue weighted by atomic mass is 32.2. The average molecular weight is 246 g/mol. The Hall–Kier alpha value is -0.980. The van der Waals surface area contributed by atoms with E-state index in [0.717, 1.165) is 29.5 Å². The lowest BCUT2D eigenvalue weighted by Crippen LogP contribution is -2.26. The minimum atomic E-state index is 0.762. The van der Waals surface area contributed by atoms with Crippen LogP contribution in [0, 0.1) is 11.3 Å². The molecule has 1 fully saturated rings. The lowest BCUT2D eigenvalue weighted by Gasteiger charge is -2.21. The highest BCUT2D eigenvalue weighted by molar-refractivity contribution is 7.99. The summed E-state index contributed by atoms with van der Waals surface area (Å²) < 4.78 is 0. The first kappa shape index (κ1) is 12.5. The molecule has 17 heavy (non-hydrogen) atoms. The van der Waals surface area contributed by atoms with Crippen LogP contribution in [0.25, 0.3) is 0 Å². The van der Waals surface area contributed by atoms with Crippen LogP contribution in [0.15, 0.2) is 24.3 Å². The van der Waals surface area contributed by atoms with Crippen LogP contribution in [0.4, 0.5) is 0 Å². The zero-order valence-corrected chi connectivity index (χ0v) is 10.8. The number of nitrogens with zero attached hydrogens (tertiary/aromatic N) is 1. The number of nitrogens with one attached hydrogen (secondary N) is 1. The Kier molecular flexibility index (Phi) is 4.90. The third-order valence-corrected chi connectivity index (χ3v) is 4.50. The standard InChI is InChI=1S/C14H18N2S/c15-9-12-5-1-2-6-13(12)10-16-11-14-7-3-4-8-17-14/h1-2,5-6,14,16H,3-4,7-8,10-11H2. The van der Waals surface area contributed by atoms with Gasteiger partial charge in [0.1, 0.15) is 0 Å². The predicted molar refractivity (Wildman–Crippen MR) is 73.0 cm³/mol. The van der Waals surface area contributed by atoms with Gasteiger partial charge in [0.05, 0.1) is 11.6 Å². The van der Waals surface area contributed by atoms with Crippen LogP contribution in [0.3, 0.4) is 0 Å². The van der Waals surface area contributed by atoms with E-state index in [4.69, 9.17) is 5.26 Å². The van der Waals surface area contributed by atoms with Gasteiger partial charge in [-0.3, -0.25) is 0 Å². The van der Waals surface area contributed by atoms with Crippen LogP contribution >= 0.6 is 11.8 Å². The van der Waals surface area contributed by atoms with E-state index < -0.39 is 0 Å². The van der Waals surface area contributed by atoms with Crippen molar-refractivity contribution in [1.82, 2.24) is 5.32 Å². The maximum absolute atomic E-state index is 8.98. The second kappa shape index (κ2) is 6.68. The molecule has 0 aromatic heterocycles. The van der Waals surface area contributed by atoms with Crippen LogP contribution in [0.2, 0.25) is 0 Å². The molecule has 0 radical (unpaired) electrons. The maximum Gasteiger partial charge on any atom is 0.0995 e. The number of hydrogen-bond donors (Lipinski definition) is 1. The van der Waals surface area contributed by atoms with Crippen LogP contribution < -0.4 is 5.32 Å². The van der Waals surface area contributed by atoms with E-state index in [9.17, 15) is 0 Å². The summed E-state index contributed by atoms with van der Waals surface area (Å²) in [4.78, 5) is 0. The molecule has 2 rings (SSSR count). The Morgan fingerprint density at radius 3 is 3.00 bits per heavy atom. The van der Waals surface area contributed by atoms with Crippen molar-refractivity contribution in [2.24, 2.45) is 0 Å².